The number of aromatic nitrogens is 1. The van der Waals surface area contributed by atoms with Crippen molar-refractivity contribution >= 4 is 23.4 Å². The van der Waals surface area contributed by atoms with Crippen LogP contribution in [0.2, 0.25) is 5.02 Å². The van der Waals surface area contributed by atoms with Crippen LogP contribution < -0.4 is 9.47 Å². The molecular formula is C19H17ClN2O2S. The smallest absolute Gasteiger partial charge is 0.231 e. The van der Waals surface area contributed by atoms with Gasteiger partial charge in [0.15, 0.2) is 11.5 Å². The van der Waals surface area contributed by atoms with Gasteiger partial charge in [0.1, 0.15) is 11.1 Å². The fraction of sp³-hybridized carbons (Fsp3) is 0.368. The first-order valence-electron chi connectivity index (χ1n) is 8.30. The first kappa shape index (κ1) is 16.6. The summed E-state index contributed by atoms with van der Waals surface area (Å²) >= 11 is 7.92. The predicted molar refractivity (Wildman–Crippen MR) is 97.5 cm³/mol. The van der Waals surface area contributed by atoms with Gasteiger partial charge in [-0.3, -0.25) is 0 Å². The molecular weight excluding hydrogens is 356 g/mol. The fourth-order valence-corrected chi connectivity index (χ4v) is 4.77. The van der Waals surface area contributed by atoms with Crippen molar-refractivity contribution in [3.8, 4) is 17.6 Å². The van der Waals surface area contributed by atoms with E-state index in [9.17, 15) is 5.26 Å². The van der Waals surface area contributed by atoms with E-state index in [0.717, 1.165) is 46.9 Å². The van der Waals surface area contributed by atoms with Crippen molar-refractivity contribution < 1.29 is 9.47 Å². The quantitative estimate of drug-likeness (QED) is 0.723. The van der Waals surface area contributed by atoms with Crippen LogP contribution in [0.5, 0.6) is 11.5 Å². The van der Waals surface area contributed by atoms with Gasteiger partial charge in [0.2, 0.25) is 6.79 Å². The molecule has 1 aliphatic heterocycles. The Hall–Kier alpha value is -1.90. The van der Waals surface area contributed by atoms with Crippen LogP contribution in [0.25, 0.3) is 0 Å². The van der Waals surface area contributed by atoms with Crippen molar-refractivity contribution in [3.05, 3.63) is 45.1 Å². The number of thioether (sulfide) groups is 1. The fourth-order valence-electron chi connectivity index (χ4n) is 3.42. The van der Waals surface area contributed by atoms with Gasteiger partial charge in [-0.25, -0.2) is 4.98 Å². The third-order valence-electron chi connectivity index (χ3n) is 4.71. The molecule has 1 aromatic carbocycles. The van der Waals surface area contributed by atoms with E-state index in [-0.39, 0.29) is 6.79 Å². The van der Waals surface area contributed by atoms with Crippen molar-refractivity contribution in [3.63, 3.8) is 0 Å². The lowest BCUT2D eigenvalue weighted by molar-refractivity contribution is 0.174. The highest BCUT2D eigenvalue weighted by molar-refractivity contribution is 7.98. The molecule has 0 saturated carbocycles. The van der Waals surface area contributed by atoms with E-state index < -0.39 is 0 Å². The van der Waals surface area contributed by atoms with Gasteiger partial charge in [0.05, 0.1) is 5.56 Å². The zero-order valence-corrected chi connectivity index (χ0v) is 15.5. The summed E-state index contributed by atoms with van der Waals surface area (Å²) in [6, 6.07) is 6.08. The molecule has 0 unspecified atom stereocenters. The third kappa shape index (κ3) is 3.05. The highest BCUT2D eigenvalue weighted by Gasteiger charge is 2.21. The molecule has 2 aromatic rings. The van der Waals surface area contributed by atoms with Crippen molar-refractivity contribution in [1.29, 1.82) is 5.26 Å². The van der Waals surface area contributed by atoms with Gasteiger partial charge < -0.3 is 9.47 Å². The minimum atomic E-state index is 0.229. The van der Waals surface area contributed by atoms with Gasteiger partial charge in [0.25, 0.3) is 0 Å². The first-order valence-corrected chi connectivity index (χ1v) is 9.67. The standard InChI is InChI=1S/C19H17ClN2O2S/c1-11-13-4-2-3-5-14(13)15(8-21)19(22-11)25-9-12-6-17-18(7-16(12)20)24-10-23-17/h6-7H,2-5,9-10H2,1H3. The zero-order valence-electron chi connectivity index (χ0n) is 13.9. The van der Waals surface area contributed by atoms with E-state index in [1.807, 2.05) is 13.0 Å². The molecule has 1 aromatic heterocycles. The Morgan fingerprint density at radius 3 is 2.68 bits per heavy atom. The van der Waals surface area contributed by atoms with Gasteiger partial charge in [-0.1, -0.05) is 11.6 Å². The second-order valence-electron chi connectivity index (χ2n) is 6.24. The molecule has 4 rings (SSSR count). The largest absolute Gasteiger partial charge is 0.454 e. The monoisotopic (exact) mass is 372 g/mol. The van der Waals surface area contributed by atoms with E-state index in [1.54, 1.807) is 17.8 Å². The van der Waals surface area contributed by atoms with Crippen LogP contribution >= 0.6 is 23.4 Å². The number of halogens is 1. The molecule has 0 N–H and O–H groups in total. The number of nitriles is 1. The summed E-state index contributed by atoms with van der Waals surface area (Å²) in [7, 11) is 0. The molecule has 0 amide bonds. The predicted octanol–water partition coefficient (Wildman–Crippen LogP) is 4.81. The first-order chi connectivity index (χ1) is 12.2. The Morgan fingerprint density at radius 1 is 1.20 bits per heavy atom. The molecule has 1 aliphatic carbocycles. The van der Waals surface area contributed by atoms with Crippen LogP contribution in [0.3, 0.4) is 0 Å². The molecule has 0 fully saturated rings. The SMILES string of the molecule is Cc1nc(SCc2cc3c(cc2Cl)OCO3)c(C#N)c2c1CCCC2. The summed E-state index contributed by atoms with van der Waals surface area (Å²) in [5.41, 5.74) is 5.21. The molecule has 128 valence electrons. The molecule has 25 heavy (non-hydrogen) atoms. The summed E-state index contributed by atoms with van der Waals surface area (Å²) in [5.74, 6) is 2.03. The van der Waals surface area contributed by atoms with Gasteiger partial charge >= 0.3 is 0 Å². The molecule has 0 spiro atoms. The Kier molecular flexibility index (Phi) is 4.49. The van der Waals surface area contributed by atoms with E-state index in [1.165, 1.54) is 17.5 Å². The van der Waals surface area contributed by atoms with Crippen LogP contribution in [-0.4, -0.2) is 11.8 Å². The van der Waals surface area contributed by atoms with Crippen molar-refractivity contribution in [2.75, 3.05) is 6.79 Å². The zero-order chi connectivity index (χ0) is 17.4. The summed E-state index contributed by atoms with van der Waals surface area (Å²) in [6.45, 7) is 2.27. The number of nitrogens with zero attached hydrogens (tertiary/aromatic N) is 2. The molecule has 2 heterocycles. The minimum Gasteiger partial charge on any atom is -0.454 e. The lowest BCUT2D eigenvalue weighted by Crippen LogP contribution is -2.10. The Balaban J connectivity index is 1.64. The highest BCUT2D eigenvalue weighted by atomic mass is 35.5. The number of pyridine rings is 1. The second-order valence-corrected chi connectivity index (χ2v) is 7.61. The van der Waals surface area contributed by atoms with Gasteiger partial charge in [-0.05, 0) is 55.4 Å². The van der Waals surface area contributed by atoms with Crippen LogP contribution in [0.4, 0.5) is 0 Å². The third-order valence-corrected chi connectivity index (χ3v) is 6.08. The van der Waals surface area contributed by atoms with Crippen LogP contribution in [0, 0.1) is 18.3 Å². The average molecular weight is 373 g/mol. The molecule has 0 atom stereocenters. The van der Waals surface area contributed by atoms with E-state index in [0.29, 0.717) is 16.5 Å². The molecule has 2 aliphatic rings. The molecule has 6 heteroatoms. The Labute approximate surface area is 156 Å². The number of benzene rings is 1. The highest BCUT2D eigenvalue weighted by Crippen LogP contribution is 2.39. The lowest BCUT2D eigenvalue weighted by Gasteiger charge is -2.20. The molecule has 0 saturated heterocycles. The average Bonchev–Trinajstić information content (AvgIpc) is 3.07. The van der Waals surface area contributed by atoms with Gasteiger partial charge in [-0.15, -0.1) is 11.8 Å². The molecule has 0 radical (unpaired) electrons. The lowest BCUT2D eigenvalue weighted by atomic mass is 9.88. The topological polar surface area (TPSA) is 55.1 Å². The number of hydrogen-bond donors (Lipinski definition) is 0. The maximum absolute atomic E-state index is 9.68. The number of rotatable bonds is 3. The summed E-state index contributed by atoms with van der Waals surface area (Å²) in [5, 5.41) is 11.1. The van der Waals surface area contributed by atoms with Crippen LogP contribution in [-0.2, 0) is 18.6 Å². The van der Waals surface area contributed by atoms with Crippen molar-refractivity contribution in [2.24, 2.45) is 0 Å². The minimum absolute atomic E-state index is 0.229. The van der Waals surface area contributed by atoms with Gasteiger partial charge in [0, 0.05) is 22.5 Å². The van der Waals surface area contributed by atoms with Gasteiger partial charge in [-0.2, -0.15) is 5.26 Å². The van der Waals surface area contributed by atoms with E-state index in [2.05, 4.69) is 6.07 Å². The normalized spacial score (nSPS) is 14.9. The molecule has 0 bridgehead atoms. The van der Waals surface area contributed by atoms with Crippen LogP contribution in [0.1, 0.15) is 40.8 Å². The second kappa shape index (κ2) is 6.78. The van der Waals surface area contributed by atoms with E-state index in [4.69, 9.17) is 26.1 Å². The Bertz CT molecular complexity index is 892. The van der Waals surface area contributed by atoms with Crippen LogP contribution in [0.15, 0.2) is 17.2 Å². The maximum Gasteiger partial charge on any atom is 0.231 e. The summed E-state index contributed by atoms with van der Waals surface area (Å²) in [6.07, 6.45) is 4.32. The maximum atomic E-state index is 9.68. The number of hydrogen-bond acceptors (Lipinski definition) is 5. The number of ether oxygens (including phenoxy) is 2. The molecule has 4 nitrogen and oxygen atoms in total. The van der Waals surface area contributed by atoms with Crippen molar-refractivity contribution in [1.82, 2.24) is 4.98 Å². The summed E-state index contributed by atoms with van der Waals surface area (Å²) < 4.78 is 10.8. The van der Waals surface area contributed by atoms with Crippen molar-refractivity contribution in [2.45, 2.75) is 43.4 Å². The summed E-state index contributed by atoms with van der Waals surface area (Å²) in [4.78, 5) is 4.72. The van der Waals surface area contributed by atoms with E-state index >= 15 is 0 Å². The number of fused-ring (bicyclic) bond motifs is 2. The Morgan fingerprint density at radius 2 is 1.92 bits per heavy atom. The number of aryl methyl sites for hydroxylation is 1.